The third kappa shape index (κ3) is 2.64. The summed E-state index contributed by atoms with van der Waals surface area (Å²) in [4.78, 5) is 16.2. The fraction of sp³-hybridized carbons (Fsp3) is 0.400. The van der Waals surface area contributed by atoms with E-state index in [1.165, 1.54) is 11.3 Å². The van der Waals surface area contributed by atoms with Crippen molar-refractivity contribution in [3.05, 3.63) is 4.88 Å². The van der Waals surface area contributed by atoms with Crippen LogP contribution in [0, 0.1) is 12.3 Å². The number of nitrogens with one attached hydrogen (secondary N) is 2. The summed E-state index contributed by atoms with van der Waals surface area (Å²) in [6, 6.07) is 0. The van der Waals surface area contributed by atoms with Gasteiger partial charge in [0.2, 0.25) is 0 Å². The van der Waals surface area contributed by atoms with Crippen LogP contribution in [0.15, 0.2) is 0 Å². The van der Waals surface area contributed by atoms with E-state index in [2.05, 4.69) is 21.5 Å². The van der Waals surface area contributed by atoms with Crippen LogP contribution in [-0.4, -0.2) is 23.5 Å². The summed E-state index contributed by atoms with van der Waals surface area (Å²) in [7, 11) is 1.71. The monoisotopic (exact) mass is 238 g/mol. The van der Waals surface area contributed by atoms with Crippen molar-refractivity contribution < 1.29 is 4.79 Å². The van der Waals surface area contributed by atoms with Gasteiger partial charge in [-0.15, -0.1) is 6.42 Å². The molecular formula is C10H14N4OS. The summed E-state index contributed by atoms with van der Waals surface area (Å²) in [5, 5.41) is 6.11. The summed E-state index contributed by atoms with van der Waals surface area (Å²) in [6.07, 6.45) is 5.28. The minimum absolute atomic E-state index is 0.208. The molecule has 0 atom stereocenters. The molecule has 5 nitrogen and oxygen atoms in total. The first-order valence-electron chi connectivity index (χ1n) is 4.64. The summed E-state index contributed by atoms with van der Waals surface area (Å²) in [6.45, 7) is 3.47. The minimum Gasteiger partial charge on any atom is -0.382 e. The highest BCUT2D eigenvalue weighted by molar-refractivity contribution is 7.18. The molecule has 1 heterocycles. The maximum atomic E-state index is 11.8. The lowest BCUT2D eigenvalue weighted by Gasteiger charge is -2.18. The Morgan fingerprint density at radius 1 is 1.62 bits per heavy atom. The van der Waals surface area contributed by atoms with E-state index in [0.717, 1.165) is 0 Å². The summed E-state index contributed by atoms with van der Waals surface area (Å²) in [5.41, 5.74) is 4.92. The van der Waals surface area contributed by atoms with E-state index in [4.69, 9.17) is 12.2 Å². The smallest absolute Gasteiger partial charge is 0.266 e. The van der Waals surface area contributed by atoms with Gasteiger partial charge in [0.05, 0.1) is 5.54 Å². The lowest BCUT2D eigenvalue weighted by atomic mass is 10.1. The van der Waals surface area contributed by atoms with E-state index in [9.17, 15) is 4.79 Å². The number of aromatic nitrogens is 1. The molecule has 0 saturated carbocycles. The molecule has 0 aromatic carbocycles. The van der Waals surface area contributed by atoms with E-state index in [1.807, 2.05) is 0 Å². The fourth-order valence-corrected chi connectivity index (χ4v) is 1.71. The van der Waals surface area contributed by atoms with E-state index in [-0.39, 0.29) is 11.7 Å². The standard InChI is InChI=1S/C10H14N4OS/c1-5-10(2,3)14-8(15)6-7(11)13-9(12-4)16-6/h1H,11H2,2-4H3,(H,12,13)(H,14,15). The molecule has 0 fully saturated rings. The maximum Gasteiger partial charge on any atom is 0.266 e. The molecule has 6 heteroatoms. The molecule has 0 aliphatic heterocycles. The Kier molecular flexibility index (Phi) is 3.40. The second-order valence-corrected chi connectivity index (χ2v) is 4.71. The van der Waals surface area contributed by atoms with Gasteiger partial charge in [-0.1, -0.05) is 17.3 Å². The SMILES string of the molecule is C#CC(C)(C)NC(=O)c1sc(NC)nc1N. The first-order valence-corrected chi connectivity index (χ1v) is 5.45. The summed E-state index contributed by atoms with van der Waals surface area (Å²) < 4.78 is 0. The zero-order valence-corrected chi connectivity index (χ0v) is 10.2. The lowest BCUT2D eigenvalue weighted by Crippen LogP contribution is -2.41. The van der Waals surface area contributed by atoms with Crippen molar-refractivity contribution in [2.75, 3.05) is 18.1 Å². The number of carbonyl (C=O) groups is 1. The molecule has 86 valence electrons. The van der Waals surface area contributed by atoms with Crippen molar-refractivity contribution in [3.63, 3.8) is 0 Å². The highest BCUT2D eigenvalue weighted by Gasteiger charge is 2.22. The molecule has 0 bridgehead atoms. The molecule has 0 aliphatic rings. The van der Waals surface area contributed by atoms with Crippen LogP contribution < -0.4 is 16.4 Å². The van der Waals surface area contributed by atoms with Crippen molar-refractivity contribution >= 4 is 28.2 Å². The van der Waals surface area contributed by atoms with Gasteiger partial charge in [0.1, 0.15) is 10.7 Å². The zero-order chi connectivity index (χ0) is 12.3. The first-order chi connectivity index (χ1) is 7.39. The van der Waals surface area contributed by atoms with E-state index < -0.39 is 5.54 Å². The van der Waals surface area contributed by atoms with Crippen molar-refractivity contribution in [3.8, 4) is 12.3 Å². The predicted molar refractivity (Wildman–Crippen MR) is 66.5 cm³/mol. The molecular weight excluding hydrogens is 224 g/mol. The van der Waals surface area contributed by atoms with Gasteiger partial charge >= 0.3 is 0 Å². The molecule has 0 unspecified atom stereocenters. The molecule has 0 radical (unpaired) electrons. The third-order valence-corrected chi connectivity index (χ3v) is 2.95. The van der Waals surface area contributed by atoms with Crippen molar-refractivity contribution in [1.29, 1.82) is 0 Å². The van der Waals surface area contributed by atoms with Crippen LogP contribution in [0.3, 0.4) is 0 Å². The van der Waals surface area contributed by atoms with Crippen LogP contribution in [0.4, 0.5) is 10.9 Å². The molecule has 1 amide bonds. The number of nitrogen functional groups attached to an aromatic ring is 1. The highest BCUT2D eigenvalue weighted by Crippen LogP contribution is 2.24. The molecule has 1 aromatic rings. The Hall–Kier alpha value is -1.74. The second kappa shape index (κ2) is 4.41. The van der Waals surface area contributed by atoms with Gasteiger partial charge in [0.15, 0.2) is 5.13 Å². The van der Waals surface area contributed by atoms with Crippen LogP contribution in [-0.2, 0) is 0 Å². The lowest BCUT2D eigenvalue weighted by molar-refractivity contribution is 0.0934. The number of rotatable bonds is 3. The predicted octanol–water partition coefficient (Wildman–Crippen LogP) is 0.909. The van der Waals surface area contributed by atoms with Crippen LogP contribution in [0.1, 0.15) is 23.5 Å². The topological polar surface area (TPSA) is 80.0 Å². The molecule has 16 heavy (non-hydrogen) atoms. The summed E-state index contributed by atoms with van der Waals surface area (Å²) >= 11 is 1.19. The quantitative estimate of drug-likeness (QED) is 0.684. The van der Waals surface area contributed by atoms with Gasteiger partial charge in [-0.2, -0.15) is 0 Å². The van der Waals surface area contributed by atoms with Crippen molar-refractivity contribution in [2.24, 2.45) is 0 Å². The van der Waals surface area contributed by atoms with Gasteiger partial charge in [-0.3, -0.25) is 4.79 Å². The summed E-state index contributed by atoms with van der Waals surface area (Å²) in [5.74, 6) is 2.38. The number of anilines is 2. The number of thiazole rings is 1. The van der Waals surface area contributed by atoms with Crippen LogP contribution in [0.5, 0.6) is 0 Å². The number of nitrogens with two attached hydrogens (primary N) is 1. The molecule has 1 aromatic heterocycles. The number of nitrogens with zero attached hydrogens (tertiary/aromatic N) is 1. The Balaban J connectivity index is 2.90. The van der Waals surface area contributed by atoms with Crippen molar-refractivity contribution in [2.45, 2.75) is 19.4 Å². The Morgan fingerprint density at radius 3 is 2.69 bits per heavy atom. The Bertz CT molecular complexity index is 444. The maximum absolute atomic E-state index is 11.8. The van der Waals surface area contributed by atoms with Crippen LogP contribution in [0.25, 0.3) is 0 Å². The third-order valence-electron chi connectivity index (χ3n) is 1.86. The molecule has 4 N–H and O–H groups in total. The molecule has 0 spiro atoms. The largest absolute Gasteiger partial charge is 0.382 e. The van der Waals surface area contributed by atoms with Gasteiger partial charge in [0, 0.05) is 7.05 Å². The molecule has 0 aliphatic carbocycles. The van der Waals surface area contributed by atoms with Gasteiger partial charge in [0.25, 0.3) is 5.91 Å². The van der Waals surface area contributed by atoms with E-state index >= 15 is 0 Å². The first kappa shape index (κ1) is 12.3. The van der Waals surface area contributed by atoms with E-state index in [1.54, 1.807) is 20.9 Å². The van der Waals surface area contributed by atoms with Crippen LogP contribution >= 0.6 is 11.3 Å². The van der Waals surface area contributed by atoms with Gasteiger partial charge in [-0.05, 0) is 13.8 Å². The number of hydrogen-bond acceptors (Lipinski definition) is 5. The number of terminal acetylenes is 1. The normalized spacial score (nSPS) is 10.6. The Labute approximate surface area is 98.4 Å². The average molecular weight is 238 g/mol. The zero-order valence-electron chi connectivity index (χ0n) is 9.42. The Morgan fingerprint density at radius 2 is 2.25 bits per heavy atom. The number of carbonyl (C=O) groups excluding carboxylic acids is 1. The van der Waals surface area contributed by atoms with Gasteiger partial charge < -0.3 is 16.4 Å². The molecule has 0 saturated heterocycles. The second-order valence-electron chi connectivity index (χ2n) is 3.71. The number of hydrogen-bond donors (Lipinski definition) is 3. The molecule has 1 rings (SSSR count). The highest BCUT2D eigenvalue weighted by atomic mass is 32.1. The minimum atomic E-state index is -0.701. The van der Waals surface area contributed by atoms with E-state index in [0.29, 0.717) is 10.0 Å². The fourth-order valence-electron chi connectivity index (χ4n) is 0.978. The van der Waals surface area contributed by atoms with Crippen molar-refractivity contribution in [1.82, 2.24) is 10.3 Å². The van der Waals surface area contributed by atoms with Crippen LogP contribution in [0.2, 0.25) is 0 Å². The number of amides is 1. The average Bonchev–Trinajstić information content (AvgIpc) is 2.59. The van der Waals surface area contributed by atoms with Gasteiger partial charge in [-0.25, -0.2) is 4.98 Å².